The molecule has 2 aromatic rings. The van der Waals surface area contributed by atoms with Crippen LogP contribution in [0, 0.1) is 6.92 Å². The number of thiazole rings is 1. The summed E-state index contributed by atoms with van der Waals surface area (Å²) in [5.74, 6) is -0.302. The van der Waals surface area contributed by atoms with Crippen molar-refractivity contribution in [3.8, 4) is 0 Å². The Morgan fingerprint density at radius 2 is 2.12 bits per heavy atom. The lowest BCUT2D eigenvalue weighted by Gasteiger charge is -2.25. The second-order valence-corrected chi connectivity index (χ2v) is 6.54. The van der Waals surface area contributed by atoms with Gasteiger partial charge >= 0.3 is 6.18 Å². The van der Waals surface area contributed by atoms with Crippen LogP contribution < -0.4 is 0 Å². The van der Waals surface area contributed by atoms with Crippen molar-refractivity contribution in [2.45, 2.75) is 26.2 Å². The van der Waals surface area contributed by atoms with E-state index in [0.717, 1.165) is 15.6 Å². The molecule has 5 nitrogen and oxygen atoms in total. The van der Waals surface area contributed by atoms with Crippen molar-refractivity contribution in [1.82, 2.24) is 14.8 Å². The van der Waals surface area contributed by atoms with Gasteiger partial charge in [-0.1, -0.05) is 0 Å². The maximum absolute atomic E-state index is 12.7. The minimum Gasteiger partial charge on any atom is -0.467 e. The lowest BCUT2D eigenvalue weighted by molar-refractivity contribution is -0.163. The Labute approximate surface area is 141 Å². The highest BCUT2D eigenvalue weighted by Gasteiger charge is 2.33. The second kappa shape index (κ2) is 7.80. The minimum atomic E-state index is -4.47. The predicted octanol–water partition coefficient (Wildman–Crippen LogP) is 3.07. The van der Waals surface area contributed by atoms with Crippen LogP contribution in [-0.4, -0.2) is 47.0 Å². The van der Waals surface area contributed by atoms with E-state index in [4.69, 9.17) is 4.42 Å². The zero-order valence-electron chi connectivity index (χ0n) is 13.3. The smallest absolute Gasteiger partial charge is 0.406 e. The van der Waals surface area contributed by atoms with Crippen LogP contribution in [0.5, 0.6) is 0 Å². The van der Waals surface area contributed by atoms with Crippen LogP contribution in [0.25, 0.3) is 0 Å². The van der Waals surface area contributed by atoms with Gasteiger partial charge in [0.15, 0.2) is 0 Å². The first kappa shape index (κ1) is 18.5. The average Bonchev–Trinajstić information content (AvgIpc) is 3.08. The van der Waals surface area contributed by atoms with Gasteiger partial charge in [-0.25, -0.2) is 4.98 Å². The van der Waals surface area contributed by atoms with E-state index in [1.807, 2.05) is 12.3 Å². The lowest BCUT2D eigenvalue weighted by Crippen LogP contribution is -2.43. The summed E-state index contributed by atoms with van der Waals surface area (Å²) in [6.07, 6.45) is -3.10. The van der Waals surface area contributed by atoms with Crippen LogP contribution in [0.1, 0.15) is 16.5 Å². The molecule has 0 aliphatic rings. The number of likely N-dealkylation sites (N-methyl/N-ethyl adjacent to an activating group) is 1. The number of amides is 1. The number of carbonyl (C=O) groups is 1. The van der Waals surface area contributed by atoms with E-state index in [9.17, 15) is 18.0 Å². The van der Waals surface area contributed by atoms with Crippen LogP contribution in [0.15, 0.2) is 28.2 Å². The Hall–Kier alpha value is -1.87. The van der Waals surface area contributed by atoms with E-state index >= 15 is 0 Å². The molecule has 0 bridgehead atoms. The summed E-state index contributed by atoms with van der Waals surface area (Å²) >= 11 is 1.49. The average molecular weight is 361 g/mol. The fourth-order valence-electron chi connectivity index (χ4n) is 2.18. The number of furan rings is 1. The van der Waals surface area contributed by atoms with Gasteiger partial charge in [0, 0.05) is 11.9 Å². The van der Waals surface area contributed by atoms with E-state index in [1.54, 1.807) is 24.1 Å². The molecule has 0 unspecified atom stereocenters. The Bertz CT molecular complexity index is 655. The molecule has 2 aromatic heterocycles. The molecule has 2 heterocycles. The van der Waals surface area contributed by atoms with Crippen LogP contribution in [-0.2, 0) is 17.9 Å². The van der Waals surface area contributed by atoms with E-state index in [1.165, 1.54) is 17.6 Å². The first-order valence-corrected chi connectivity index (χ1v) is 8.07. The van der Waals surface area contributed by atoms with Gasteiger partial charge in [0.2, 0.25) is 5.91 Å². The van der Waals surface area contributed by atoms with E-state index < -0.39 is 18.6 Å². The van der Waals surface area contributed by atoms with Gasteiger partial charge in [0.25, 0.3) is 0 Å². The minimum absolute atomic E-state index is 0.132. The third kappa shape index (κ3) is 5.97. The fourth-order valence-corrected chi connectivity index (χ4v) is 2.79. The normalized spacial score (nSPS) is 11.9. The number of rotatable bonds is 7. The molecule has 0 saturated heterocycles. The molecule has 0 N–H and O–H groups in total. The third-order valence-corrected chi connectivity index (χ3v) is 3.98. The summed E-state index contributed by atoms with van der Waals surface area (Å²) in [5.41, 5.74) is 0.793. The molecular weight excluding hydrogens is 343 g/mol. The van der Waals surface area contributed by atoms with Crippen LogP contribution >= 0.6 is 11.3 Å². The molecule has 0 fully saturated rings. The van der Waals surface area contributed by atoms with Crippen molar-refractivity contribution < 1.29 is 22.4 Å². The zero-order chi connectivity index (χ0) is 17.7. The molecule has 2 rings (SSSR count). The third-order valence-electron chi connectivity index (χ3n) is 3.15. The van der Waals surface area contributed by atoms with Gasteiger partial charge < -0.3 is 9.32 Å². The molecule has 132 valence electrons. The van der Waals surface area contributed by atoms with Crippen molar-refractivity contribution in [3.63, 3.8) is 0 Å². The highest BCUT2D eigenvalue weighted by atomic mass is 32.1. The molecular formula is C15H18F3N3O2S. The summed E-state index contributed by atoms with van der Waals surface area (Å²) < 4.78 is 43.3. The van der Waals surface area contributed by atoms with Gasteiger partial charge in [-0.15, -0.1) is 11.3 Å². The number of alkyl halides is 3. The van der Waals surface area contributed by atoms with Gasteiger partial charge in [0.1, 0.15) is 12.3 Å². The summed E-state index contributed by atoms with van der Waals surface area (Å²) in [4.78, 5) is 19.0. The first-order chi connectivity index (χ1) is 11.2. The number of carbonyl (C=O) groups excluding carboxylic acids is 1. The Balaban J connectivity index is 1.97. The number of aromatic nitrogens is 1. The Morgan fingerprint density at radius 1 is 1.38 bits per heavy atom. The molecule has 0 aliphatic carbocycles. The van der Waals surface area contributed by atoms with Gasteiger partial charge in [-0.05, 0) is 26.1 Å². The molecule has 0 atom stereocenters. The van der Waals surface area contributed by atoms with Crippen molar-refractivity contribution in [2.75, 3.05) is 20.1 Å². The molecule has 0 spiro atoms. The summed E-state index contributed by atoms with van der Waals surface area (Å²) in [7, 11) is 1.67. The second-order valence-electron chi connectivity index (χ2n) is 5.47. The van der Waals surface area contributed by atoms with Crippen LogP contribution in [0.3, 0.4) is 0 Å². The lowest BCUT2D eigenvalue weighted by atomic mass is 10.3. The molecule has 0 aliphatic heterocycles. The van der Waals surface area contributed by atoms with Crippen molar-refractivity contribution in [3.05, 3.63) is 40.2 Å². The SMILES string of the molecule is Cc1nc(CN(C)CC(=O)N(Cc2ccco2)CC(F)(F)F)cs1. The number of hydrogen-bond acceptors (Lipinski definition) is 5. The highest BCUT2D eigenvalue weighted by molar-refractivity contribution is 7.09. The van der Waals surface area contributed by atoms with Crippen LogP contribution in [0.4, 0.5) is 13.2 Å². The van der Waals surface area contributed by atoms with Crippen LogP contribution in [0.2, 0.25) is 0 Å². The quantitative estimate of drug-likeness (QED) is 0.761. The summed E-state index contributed by atoms with van der Waals surface area (Å²) in [6.45, 7) is 0.614. The summed E-state index contributed by atoms with van der Waals surface area (Å²) in [6, 6.07) is 3.11. The number of halogens is 3. The zero-order valence-corrected chi connectivity index (χ0v) is 14.2. The Morgan fingerprint density at radius 3 is 2.67 bits per heavy atom. The number of aryl methyl sites for hydroxylation is 1. The summed E-state index contributed by atoms with van der Waals surface area (Å²) in [5, 5.41) is 2.77. The highest BCUT2D eigenvalue weighted by Crippen LogP contribution is 2.19. The van der Waals surface area contributed by atoms with Gasteiger partial charge in [-0.3, -0.25) is 9.69 Å². The monoisotopic (exact) mass is 361 g/mol. The van der Waals surface area contributed by atoms with Crippen molar-refractivity contribution in [2.24, 2.45) is 0 Å². The van der Waals surface area contributed by atoms with E-state index in [0.29, 0.717) is 12.3 Å². The van der Waals surface area contributed by atoms with Crippen molar-refractivity contribution >= 4 is 17.2 Å². The molecule has 1 amide bonds. The van der Waals surface area contributed by atoms with Gasteiger partial charge in [-0.2, -0.15) is 13.2 Å². The maximum atomic E-state index is 12.7. The maximum Gasteiger partial charge on any atom is 0.406 e. The molecule has 9 heteroatoms. The predicted molar refractivity (Wildman–Crippen MR) is 83.4 cm³/mol. The van der Waals surface area contributed by atoms with Gasteiger partial charge in [0.05, 0.1) is 30.1 Å². The molecule has 0 aromatic carbocycles. The standard InChI is InChI=1S/C15H18F3N3O2S/c1-11-19-12(9-24-11)6-20(2)8-14(22)21(10-15(16,17)18)7-13-4-3-5-23-13/h3-5,9H,6-8,10H2,1-2H3. The topological polar surface area (TPSA) is 49.6 Å². The van der Waals surface area contributed by atoms with Crippen molar-refractivity contribution in [1.29, 1.82) is 0 Å². The van der Waals surface area contributed by atoms with E-state index in [-0.39, 0.29) is 13.1 Å². The Kier molecular flexibility index (Phi) is 6.00. The number of nitrogens with zero attached hydrogens (tertiary/aromatic N) is 3. The van der Waals surface area contributed by atoms with E-state index in [2.05, 4.69) is 4.98 Å². The number of hydrogen-bond donors (Lipinski definition) is 0. The molecule has 0 radical (unpaired) electrons. The molecule has 0 saturated carbocycles. The molecule has 24 heavy (non-hydrogen) atoms. The first-order valence-electron chi connectivity index (χ1n) is 7.19. The largest absolute Gasteiger partial charge is 0.467 e. The fraction of sp³-hybridized carbons (Fsp3) is 0.467.